The van der Waals surface area contributed by atoms with E-state index in [1.807, 2.05) is 39.0 Å². The number of hydrogen-bond donors (Lipinski definition) is 3. The monoisotopic (exact) mass is 566 g/mol. The fourth-order valence-corrected chi connectivity index (χ4v) is 5.55. The van der Waals surface area contributed by atoms with E-state index in [1.165, 1.54) is 6.42 Å². The number of amides is 1. The molecule has 1 aromatic carbocycles. The number of benzene rings is 1. The molecule has 0 unspecified atom stereocenters. The fourth-order valence-electron chi connectivity index (χ4n) is 5.22. The Morgan fingerprint density at radius 2 is 2.15 bits per heavy atom. The van der Waals surface area contributed by atoms with Crippen molar-refractivity contribution in [1.29, 1.82) is 0 Å². The topological polar surface area (TPSA) is 107 Å². The van der Waals surface area contributed by atoms with E-state index in [0.29, 0.717) is 42.1 Å². The van der Waals surface area contributed by atoms with Gasteiger partial charge in [-0.25, -0.2) is 4.98 Å². The van der Waals surface area contributed by atoms with E-state index < -0.39 is 11.6 Å². The summed E-state index contributed by atoms with van der Waals surface area (Å²) >= 11 is 6.71. The highest BCUT2D eigenvalue weighted by atomic mass is 35.5. The van der Waals surface area contributed by atoms with Gasteiger partial charge in [0.05, 0.1) is 17.3 Å². The molecule has 0 saturated heterocycles. The van der Waals surface area contributed by atoms with Gasteiger partial charge in [-0.3, -0.25) is 14.8 Å². The molecule has 1 saturated carbocycles. The van der Waals surface area contributed by atoms with Crippen LogP contribution >= 0.6 is 11.6 Å². The third-order valence-corrected chi connectivity index (χ3v) is 8.12. The average molecular weight is 567 g/mol. The number of anilines is 1. The smallest absolute Gasteiger partial charge is 0.254 e. The summed E-state index contributed by atoms with van der Waals surface area (Å²) in [6.45, 7) is 8.53. The summed E-state index contributed by atoms with van der Waals surface area (Å²) in [6.07, 6.45) is 8.76. The number of fused-ring (bicyclic) bond motifs is 1. The van der Waals surface area contributed by atoms with Gasteiger partial charge in [-0.05, 0) is 75.8 Å². The van der Waals surface area contributed by atoms with Crippen molar-refractivity contribution in [3.63, 3.8) is 0 Å². The van der Waals surface area contributed by atoms with Gasteiger partial charge < -0.3 is 20.1 Å². The van der Waals surface area contributed by atoms with E-state index in [-0.39, 0.29) is 12.5 Å². The zero-order valence-corrected chi connectivity index (χ0v) is 24.2. The number of β-amino-alcohol motifs (C(OH)–C–C–N with tert-alkyl or cyclic N) is 1. The minimum Gasteiger partial charge on any atom is -0.487 e. The Labute approximate surface area is 240 Å². The molecule has 0 spiro atoms. The lowest BCUT2D eigenvalue weighted by Gasteiger charge is -2.39. The number of aliphatic hydroxyl groups excluding tert-OH is 1. The van der Waals surface area contributed by atoms with Crippen molar-refractivity contribution in [2.75, 3.05) is 25.0 Å². The number of halogens is 1. The van der Waals surface area contributed by atoms with Crippen LogP contribution in [0.5, 0.6) is 5.75 Å². The zero-order valence-electron chi connectivity index (χ0n) is 23.5. The second-order valence-electron chi connectivity index (χ2n) is 11.8. The first-order valence-electron chi connectivity index (χ1n) is 14.0. The van der Waals surface area contributed by atoms with Crippen LogP contribution in [0.15, 0.2) is 42.9 Å². The van der Waals surface area contributed by atoms with Crippen molar-refractivity contribution in [2.24, 2.45) is 0 Å². The molecule has 40 heavy (non-hydrogen) atoms. The Morgan fingerprint density at radius 3 is 2.85 bits per heavy atom. The van der Waals surface area contributed by atoms with Gasteiger partial charge in [-0.1, -0.05) is 17.7 Å². The number of aromatic amines is 1. The van der Waals surface area contributed by atoms with E-state index in [2.05, 4.69) is 25.4 Å². The van der Waals surface area contributed by atoms with Crippen molar-refractivity contribution in [3.8, 4) is 5.75 Å². The van der Waals surface area contributed by atoms with E-state index in [0.717, 1.165) is 48.3 Å². The largest absolute Gasteiger partial charge is 0.487 e. The molecule has 1 amide bonds. The van der Waals surface area contributed by atoms with E-state index in [9.17, 15) is 9.90 Å². The first-order chi connectivity index (χ1) is 19.2. The molecule has 5 rings (SSSR count). The first-order valence-corrected chi connectivity index (χ1v) is 14.4. The number of aromatic nitrogens is 3. The molecule has 3 aromatic rings. The number of aliphatic hydroxyl groups is 1. The van der Waals surface area contributed by atoms with Gasteiger partial charge in [0.15, 0.2) is 0 Å². The summed E-state index contributed by atoms with van der Waals surface area (Å²) < 4.78 is 5.92. The van der Waals surface area contributed by atoms with Crippen LogP contribution in [0, 0.1) is 0 Å². The number of carbonyl (C=O) groups excluding carboxylic acids is 1. The molecule has 1 aliphatic heterocycles. The van der Waals surface area contributed by atoms with Crippen LogP contribution in [0.3, 0.4) is 0 Å². The number of ether oxygens (including phenoxy) is 1. The van der Waals surface area contributed by atoms with Crippen LogP contribution in [0.25, 0.3) is 0 Å². The van der Waals surface area contributed by atoms with Gasteiger partial charge in [0.2, 0.25) is 0 Å². The molecule has 3 heterocycles. The van der Waals surface area contributed by atoms with E-state index in [1.54, 1.807) is 29.6 Å². The molecule has 10 heteroatoms. The minimum atomic E-state index is -0.702. The van der Waals surface area contributed by atoms with Gasteiger partial charge in [0.25, 0.3) is 5.91 Å². The number of nitrogens with zero attached hydrogens (tertiary/aromatic N) is 4. The van der Waals surface area contributed by atoms with Crippen molar-refractivity contribution in [2.45, 2.75) is 77.3 Å². The molecule has 0 radical (unpaired) electrons. The molecule has 2 aliphatic rings. The van der Waals surface area contributed by atoms with Gasteiger partial charge >= 0.3 is 0 Å². The molecule has 1 fully saturated rings. The predicted octanol–water partition coefficient (Wildman–Crippen LogP) is 4.66. The zero-order chi connectivity index (χ0) is 28.3. The van der Waals surface area contributed by atoms with Gasteiger partial charge in [0, 0.05) is 61.3 Å². The van der Waals surface area contributed by atoms with E-state index >= 15 is 0 Å². The van der Waals surface area contributed by atoms with Crippen molar-refractivity contribution < 1.29 is 14.6 Å². The molecule has 0 bridgehead atoms. The Bertz CT molecular complexity index is 1310. The molecule has 214 valence electrons. The Balaban J connectivity index is 1.20. The number of nitrogens with one attached hydrogen (secondary N) is 2. The van der Waals surface area contributed by atoms with Crippen molar-refractivity contribution >= 4 is 23.3 Å². The lowest BCUT2D eigenvalue weighted by atomic mass is 9.93. The summed E-state index contributed by atoms with van der Waals surface area (Å²) in [5.41, 5.74) is 3.29. The highest BCUT2D eigenvalue weighted by Gasteiger charge is 2.31. The SMILES string of the molecule is CC(C)(C)N(C[C@@H](O)CN1CCc2c(ccc(OCc3cn[nH]c3)c2Cl)C1)C(=O)c1ccnc(NC2CCC2)c1. The van der Waals surface area contributed by atoms with E-state index in [4.69, 9.17) is 16.3 Å². The van der Waals surface area contributed by atoms with Gasteiger partial charge in [0.1, 0.15) is 18.2 Å². The molecular formula is C30H39ClN6O3. The summed E-state index contributed by atoms with van der Waals surface area (Å²) in [6, 6.07) is 7.96. The number of carbonyl (C=O) groups is 1. The second-order valence-corrected chi connectivity index (χ2v) is 12.2. The number of hydrogen-bond acceptors (Lipinski definition) is 7. The Morgan fingerprint density at radius 1 is 1.32 bits per heavy atom. The maximum Gasteiger partial charge on any atom is 0.254 e. The third kappa shape index (κ3) is 6.77. The standard InChI is InChI=1S/C30H39ClN6O3/c1-30(2,3)37(29(39)21-9-11-32-27(13-21)35-23-5-4-6-23)18-24(38)17-36-12-10-25-22(16-36)7-8-26(28(25)31)40-19-20-14-33-34-15-20/h7-9,11,13-15,23-24,38H,4-6,10,12,16-19H2,1-3H3,(H,32,35)(H,33,34)/t24-/m0/s1. The molecular weight excluding hydrogens is 528 g/mol. The lowest BCUT2D eigenvalue weighted by Crippen LogP contribution is -2.51. The molecule has 2 aromatic heterocycles. The third-order valence-electron chi connectivity index (χ3n) is 7.71. The first kappa shape index (κ1) is 28.4. The van der Waals surface area contributed by atoms with Crippen LogP contribution in [0.4, 0.5) is 5.82 Å². The normalized spacial score (nSPS) is 16.6. The summed E-state index contributed by atoms with van der Waals surface area (Å²) in [4.78, 5) is 22.0. The second kappa shape index (κ2) is 12.2. The van der Waals surface area contributed by atoms with Crippen LogP contribution in [0.1, 0.15) is 67.1 Å². The fraction of sp³-hybridized carbons (Fsp3) is 0.500. The Kier molecular flexibility index (Phi) is 8.63. The summed E-state index contributed by atoms with van der Waals surface area (Å²) in [5.74, 6) is 1.28. The maximum atomic E-state index is 13.6. The van der Waals surface area contributed by atoms with Crippen molar-refractivity contribution in [1.82, 2.24) is 25.0 Å². The lowest BCUT2D eigenvalue weighted by molar-refractivity contribution is 0.0275. The molecule has 1 atom stereocenters. The Hall–Kier alpha value is -3.14. The van der Waals surface area contributed by atoms with Crippen LogP contribution in [-0.2, 0) is 19.6 Å². The van der Waals surface area contributed by atoms with Gasteiger partial charge in [-0.15, -0.1) is 0 Å². The summed E-state index contributed by atoms with van der Waals surface area (Å²) in [7, 11) is 0. The summed E-state index contributed by atoms with van der Waals surface area (Å²) in [5, 5.41) is 21.9. The van der Waals surface area contributed by atoms with Crippen LogP contribution in [0.2, 0.25) is 5.02 Å². The molecule has 9 nitrogen and oxygen atoms in total. The highest BCUT2D eigenvalue weighted by molar-refractivity contribution is 6.33. The molecule has 1 aliphatic carbocycles. The number of H-pyrrole nitrogens is 1. The number of pyridine rings is 1. The van der Waals surface area contributed by atoms with Crippen LogP contribution in [-0.4, -0.2) is 73.3 Å². The van der Waals surface area contributed by atoms with Crippen LogP contribution < -0.4 is 10.1 Å². The minimum absolute atomic E-state index is 0.107. The highest BCUT2D eigenvalue weighted by Crippen LogP contribution is 2.34. The quantitative estimate of drug-likeness (QED) is 0.328. The average Bonchev–Trinajstić information content (AvgIpc) is 3.42. The van der Waals surface area contributed by atoms with Crippen molar-refractivity contribution in [3.05, 3.63) is 70.1 Å². The molecule has 3 N–H and O–H groups in total. The predicted molar refractivity (Wildman–Crippen MR) is 156 cm³/mol. The number of rotatable bonds is 10. The maximum absolute atomic E-state index is 13.6. The van der Waals surface area contributed by atoms with Gasteiger partial charge in [-0.2, -0.15) is 5.10 Å².